The van der Waals surface area contributed by atoms with E-state index in [0.717, 1.165) is 18.5 Å². The highest BCUT2D eigenvalue weighted by Crippen LogP contribution is 2.28. The van der Waals surface area contributed by atoms with Gasteiger partial charge in [0.05, 0.1) is 0 Å². The van der Waals surface area contributed by atoms with E-state index in [-0.39, 0.29) is 0 Å². The lowest BCUT2D eigenvalue weighted by atomic mass is 9.98. The predicted octanol–water partition coefficient (Wildman–Crippen LogP) is 3.31. The summed E-state index contributed by atoms with van der Waals surface area (Å²) in [4.78, 5) is 0. The molecule has 0 heterocycles. The van der Waals surface area contributed by atoms with Crippen molar-refractivity contribution in [2.24, 2.45) is 0 Å². The largest absolute Gasteiger partial charge is 0.319 e. The number of likely N-dealkylation sites (N-methyl/N-ethyl adjacent to an activating group) is 1. The van der Waals surface area contributed by atoms with Gasteiger partial charge in [-0.15, -0.1) is 0 Å². The van der Waals surface area contributed by atoms with E-state index in [1.807, 2.05) is 13.1 Å². The summed E-state index contributed by atoms with van der Waals surface area (Å²) in [5.74, 6) is 0. The number of alkyl halides is 1. The molecule has 0 saturated heterocycles. The van der Waals surface area contributed by atoms with Crippen LogP contribution in [0, 0.1) is 0 Å². The molecule has 84 valence electrons. The Balaban J connectivity index is 2.88. The van der Waals surface area contributed by atoms with E-state index in [2.05, 4.69) is 5.32 Å². The van der Waals surface area contributed by atoms with Gasteiger partial charge in [-0.3, -0.25) is 0 Å². The molecule has 1 N–H and O–H groups in total. The fourth-order valence-corrected chi connectivity index (χ4v) is 1.65. The standard InChI is InChI=1S/C12H17ClFN/c1-12(2,14)10-5-4-9(6-7-15-3)11(13)8-10/h4-5,8,15H,6-7H2,1-3H3. The Hall–Kier alpha value is -0.600. The van der Waals surface area contributed by atoms with Crippen LogP contribution in [-0.2, 0) is 12.1 Å². The average Bonchev–Trinajstić information content (AvgIpc) is 2.14. The first-order valence-electron chi connectivity index (χ1n) is 5.07. The number of hydrogen-bond donors (Lipinski definition) is 1. The van der Waals surface area contributed by atoms with Crippen molar-refractivity contribution in [1.29, 1.82) is 0 Å². The van der Waals surface area contributed by atoms with Crippen LogP contribution in [0.1, 0.15) is 25.0 Å². The second-order valence-corrected chi connectivity index (χ2v) is 4.54. The lowest BCUT2D eigenvalue weighted by molar-refractivity contribution is 0.221. The van der Waals surface area contributed by atoms with Gasteiger partial charge in [0.2, 0.25) is 0 Å². The predicted molar refractivity (Wildman–Crippen MR) is 63.2 cm³/mol. The van der Waals surface area contributed by atoms with Crippen LogP contribution in [0.2, 0.25) is 5.02 Å². The summed E-state index contributed by atoms with van der Waals surface area (Å²) in [6, 6.07) is 5.42. The van der Waals surface area contributed by atoms with E-state index >= 15 is 0 Å². The van der Waals surface area contributed by atoms with Crippen LogP contribution in [0.25, 0.3) is 0 Å². The van der Waals surface area contributed by atoms with Crippen molar-refractivity contribution in [3.05, 3.63) is 34.3 Å². The minimum Gasteiger partial charge on any atom is -0.319 e. The van der Waals surface area contributed by atoms with Gasteiger partial charge in [0, 0.05) is 5.02 Å². The zero-order chi connectivity index (χ0) is 11.5. The monoisotopic (exact) mass is 229 g/mol. The van der Waals surface area contributed by atoms with Crippen LogP contribution in [0.3, 0.4) is 0 Å². The van der Waals surface area contributed by atoms with Crippen LogP contribution in [0.4, 0.5) is 4.39 Å². The number of hydrogen-bond acceptors (Lipinski definition) is 1. The quantitative estimate of drug-likeness (QED) is 0.836. The number of benzene rings is 1. The minimum absolute atomic E-state index is 0.626. The summed E-state index contributed by atoms with van der Waals surface area (Å²) in [7, 11) is 1.90. The van der Waals surface area contributed by atoms with Gasteiger partial charge in [0.25, 0.3) is 0 Å². The van der Waals surface area contributed by atoms with Crippen molar-refractivity contribution in [3.8, 4) is 0 Å². The molecular weight excluding hydrogens is 213 g/mol. The van der Waals surface area contributed by atoms with Crippen LogP contribution >= 0.6 is 11.6 Å². The van der Waals surface area contributed by atoms with Crippen molar-refractivity contribution in [3.63, 3.8) is 0 Å². The SMILES string of the molecule is CNCCc1ccc(C(C)(C)F)cc1Cl. The molecule has 1 rings (SSSR count). The molecule has 0 aliphatic rings. The Morgan fingerprint density at radius 1 is 1.40 bits per heavy atom. The maximum absolute atomic E-state index is 13.6. The molecular formula is C12H17ClFN. The molecule has 0 atom stereocenters. The summed E-state index contributed by atoms with van der Waals surface area (Å²) in [6.45, 7) is 3.94. The summed E-state index contributed by atoms with van der Waals surface area (Å²) in [5.41, 5.74) is 0.352. The molecule has 0 unspecified atom stereocenters. The molecule has 0 saturated carbocycles. The molecule has 15 heavy (non-hydrogen) atoms. The zero-order valence-corrected chi connectivity index (χ0v) is 10.2. The molecule has 0 fully saturated rings. The van der Waals surface area contributed by atoms with Crippen LogP contribution in [-0.4, -0.2) is 13.6 Å². The van der Waals surface area contributed by atoms with Crippen LogP contribution < -0.4 is 5.32 Å². The zero-order valence-electron chi connectivity index (χ0n) is 9.40. The molecule has 0 aliphatic heterocycles. The summed E-state index contributed by atoms with van der Waals surface area (Å²) >= 11 is 6.08. The third-order valence-corrected chi connectivity index (χ3v) is 2.74. The van der Waals surface area contributed by atoms with Crippen molar-refractivity contribution in [2.45, 2.75) is 25.9 Å². The second-order valence-electron chi connectivity index (χ2n) is 4.13. The smallest absolute Gasteiger partial charge is 0.130 e. The maximum Gasteiger partial charge on any atom is 0.130 e. The van der Waals surface area contributed by atoms with Gasteiger partial charge in [0.1, 0.15) is 5.67 Å². The number of nitrogens with one attached hydrogen (secondary N) is 1. The number of rotatable bonds is 4. The molecule has 0 amide bonds. The Labute approximate surface area is 95.6 Å². The van der Waals surface area contributed by atoms with Gasteiger partial charge in [-0.05, 0) is 51.1 Å². The molecule has 1 nitrogen and oxygen atoms in total. The molecule has 0 spiro atoms. The molecule has 1 aromatic carbocycles. The Bertz CT molecular complexity index is 331. The number of halogens is 2. The Kier molecular flexibility index (Phi) is 4.12. The normalized spacial score (nSPS) is 11.8. The molecule has 0 radical (unpaired) electrons. The van der Waals surface area contributed by atoms with Crippen LogP contribution in [0.5, 0.6) is 0 Å². The highest BCUT2D eigenvalue weighted by Gasteiger charge is 2.19. The van der Waals surface area contributed by atoms with Gasteiger partial charge in [-0.1, -0.05) is 23.7 Å². The average molecular weight is 230 g/mol. The minimum atomic E-state index is -1.33. The van der Waals surface area contributed by atoms with E-state index in [1.54, 1.807) is 12.1 Å². The molecule has 0 aliphatic carbocycles. The lowest BCUT2D eigenvalue weighted by Crippen LogP contribution is -2.12. The Morgan fingerprint density at radius 3 is 2.53 bits per heavy atom. The summed E-state index contributed by atoms with van der Waals surface area (Å²) in [6.07, 6.45) is 0.863. The second kappa shape index (κ2) is 4.95. The van der Waals surface area contributed by atoms with E-state index < -0.39 is 5.67 Å². The summed E-state index contributed by atoms with van der Waals surface area (Å²) < 4.78 is 13.6. The van der Waals surface area contributed by atoms with Crippen molar-refractivity contribution in [2.75, 3.05) is 13.6 Å². The van der Waals surface area contributed by atoms with Gasteiger partial charge < -0.3 is 5.32 Å². The molecule has 3 heteroatoms. The first kappa shape index (κ1) is 12.5. The highest BCUT2D eigenvalue weighted by atomic mass is 35.5. The first-order valence-corrected chi connectivity index (χ1v) is 5.45. The molecule has 1 aromatic rings. The fourth-order valence-electron chi connectivity index (χ4n) is 1.38. The highest BCUT2D eigenvalue weighted by molar-refractivity contribution is 6.31. The van der Waals surface area contributed by atoms with Crippen molar-refractivity contribution in [1.82, 2.24) is 5.32 Å². The van der Waals surface area contributed by atoms with Crippen molar-refractivity contribution >= 4 is 11.6 Å². The third-order valence-electron chi connectivity index (χ3n) is 2.38. The van der Waals surface area contributed by atoms with Gasteiger partial charge in [0.15, 0.2) is 0 Å². The van der Waals surface area contributed by atoms with E-state index in [0.29, 0.717) is 10.6 Å². The Morgan fingerprint density at radius 2 is 2.07 bits per heavy atom. The van der Waals surface area contributed by atoms with Crippen LogP contribution in [0.15, 0.2) is 18.2 Å². The summed E-state index contributed by atoms with van der Waals surface area (Å²) in [5, 5.41) is 3.70. The lowest BCUT2D eigenvalue weighted by Gasteiger charge is -2.16. The molecule has 0 bridgehead atoms. The van der Waals surface area contributed by atoms with Gasteiger partial charge in [-0.2, -0.15) is 0 Å². The van der Waals surface area contributed by atoms with E-state index in [9.17, 15) is 4.39 Å². The van der Waals surface area contributed by atoms with Crippen molar-refractivity contribution < 1.29 is 4.39 Å². The van der Waals surface area contributed by atoms with E-state index in [1.165, 1.54) is 13.8 Å². The third kappa shape index (κ3) is 3.47. The fraction of sp³-hybridized carbons (Fsp3) is 0.500. The maximum atomic E-state index is 13.6. The van der Waals surface area contributed by atoms with Gasteiger partial charge >= 0.3 is 0 Å². The van der Waals surface area contributed by atoms with Gasteiger partial charge in [-0.25, -0.2) is 4.39 Å². The molecule has 0 aromatic heterocycles. The first-order chi connectivity index (χ1) is 6.95. The topological polar surface area (TPSA) is 12.0 Å². The van der Waals surface area contributed by atoms with E-state index in [4.69, 9.17) is 11.6 Å².